The first kappa shape index (κ1) is 29.1. The summed E-state index contributed by atoms with van der Waals surface area (Å²) in [5, 5.41) is 16.7. The molecule has 2 unspecified atom stereocenters. The van der Waals surface area contributed by atoms with Crippen LogP contribution in [0.1, 0.15) is 48.9 Å². The highest BCUT2D eigenvalue weighted by atomic mass is 35.5. The number of nitrogens with one attached hydrogen (secondary N) is 2. The molecule has 4 aliphatic rings. The van der Waals surface area contributed by atoms with Crippen molar-refractivity contribution in [3.8, 4) is 0 Å². The molecule has 44 heavy (non-hydrogen) atoms. The van der Waals surface area contributed by atoms with Crippen molar-refractivity contribution >= 4 is 35.4 Å². The van der Waals surface area contributed by atoms with E-state index in [4.69, 9.17) is 30.8 Å². The Balaban J connectivity index is 1.17. The second-order valence-electron chi connectivity index (χ2n) is 12.0. The Bertz CT molecular complexity index is 1500. The van der Waals surface area contributed by atoms with Crippen LogP contribution < -0.4 is 10.6 Å². The number of carbonyl (C=O) groups excluding carboxylic acids is 1. The lowest BCUT2D eigenvalue weighted by Gasteiger charge is -2.31. The Labute approximate surface area is 260 Å². The quantitative estimate of drug-likeness (QED) is 0.320. The van der Waals surface area contributed by atoms with Gasteiger partial charge in [0.1, 0.15) is 30.2 Å². The van der Waals surface area contributed by atoms with Gasteiger partial charge in [-0.1, -0.05) is 60.7 Å². The number of carbonyl (C=O) groups is 1. The number of amides is 2. The zero-order chi connectivity index (χ0) is 30.4. The number of fused-ring (bicyclic) bond motifs is 2. The molecule has 0 aliphatic carbocycles. The van der Waals surface area contributed by atoms with E-state index in [9.17, 15) is 9.90 Å². The lowest BCUT2D eigenvalue weighted by Crippen LogP contribution is -2.44. The number of halogens is 1. The highest BCUT2D eigenvalue weighted by Gasteiger charge is 2.58. The maximum atomic E-state index is 12.4. The van der Waals surface area contributed by atoms with Crippen molar-refractivity contribution in [2.75, 3.05) is 25.0 Å². The predicted molar refractivity (Wildman–Crippen MR) is 164 cm³/mol. The van der Waals surface area contributed by atoms with Crippen LogP contribution in [0.3, 0.4) is 0 Å². The molecule has 2 amide bonds. The van der Waals surface area contributed by atoms with Crippen LogP contribution in [0.25, 0.3) is 0 Å². The maximum absolute atomic E-state index is 12.4. The molecular weight excluding hydrogens is 584 g/mol. The Hall–Kier alpha value is -3.61. The third-order valence-corrected chi connectivity index (χ3v) is 8.88. The minimum Gasteiger partial charge on any atom is -0.372 e. The zero-order valence-corrected chi connectivity index (χ0v) is 25.2. The number of urea groups is 1. The van der Waals surface area contributed by atoms with Crippen LogP contribution in [-0.2, 0) is 14.2 Å². The van der Waals surface area contributed by atoms with Crippen LogP contribution in [0.15, 0.2) is 65.7 Å². The Morgan fingerprint density at radius 3 is 2.39 bits per heavy atom. The van der Waals surface area contributed by atoms with Crippen molar-refractivity contribution in [3.05, 3.63) is 82.8 Å². The first-order valence-corrected chi connectivity index (χ1v) is 15.3. The molecular formula is C32H35ClN6O5. The minimum atomic E-state index is -0.933. The third-order valence-electron chi connectivity index (χ3n) is 8.71. The second-order valence-corrected chi connectivity index (χ2v) is 12.3. The van der Waals surface area contributed by atoms with Gasteiger partial charge in [-0.15, -0.1) is 0 Å². The molecule has 0 saturated carbocycles. The number of anilines is 1. The number of β-amino-alcohol motifs (C(OH)–C–C–N with tert-alkyl or cyclic N) is 1. The number of aliphatic hydroxyl groups excluding tert-OH is 1. The second kappa shape index (κ2) is 11.7. The van der Waals surface area contributed by atoms with Gasteiger partial charge in [0.25, 0.3) is 0 Å². The number of rotatable bonds is 8. The fourth-order valence-corrected chi connectivity index (χ4v) is 6.90. The van der Waals surface area contributed by atoms with Gasteiger partial charge >= 0.3 is 6.03 Å². The van der Waals surface area contributed by atoms with E-state index in [0.717, 1.165) is 0 Å². The number of aromatic nitrogens is 2. The van der Waals surface area contributed by atoms with Crippen LogP contribution in [0.4, 0.5) is 16.3 Å². The number of hydrogen-bond acceptors (Lipinski definition) is 9. The number of aliphatic imine (C=N–C) groups is 1. The van der Waals surface area contributed by atoms with Crippen LogP contribution in [0.2, 0.25) is 5.28 Å². The molecule has 11 nitrogen and oxygen atoms in total. The van der Waals surface area contributed by atoms with Crippen LogP contribution in [0.5, 0.6) is 0 Å². The molecule has 3 aromatic rings. The average molecular weight is 619 g/mol. The van der Waals surface area contributed by atoms with E-state index in [1.165, 1.54) is 16.0 Å². The maximum Gasteiger partial charge on any atom is 0.319 e. The Kier molecular flexibility index (Phi) is 7.75. The van der Waals surface area contributed by atoms with Crippen molar-refractivity contribution in [3.63, 3.8) is 0 Å². The standard InChI is InChI=1S/C32H35ClN6O5/c1-32(2)43-27-22(17-39-23(40)16-36-31(39)41)42-26(28(27)44-32)20-13-14-34-25-24(20)37-30(33)38-29(25)35-15-21(18-9-5-3-6-10-18)19-11-7-4-8-12-19/h3-12,14,20-23,26-28,40H,13,15-17H2,1-2H3,(H,36,41)(H,35,37,38)/t20-,22?,23?,26+,27-,28+/m1/s1. The van der Waals surface area contributed by atoms with E-state index >= 15 is 0 Å². The van der Waals surface area contributed by atoms with Gasteiger partial charge in [-0.05, 0) is 43.0 Å². The molecule has 0 bridgehead atoms. The predicted octanol–water partition coefficient (Wildman–Crippen LogP) is 4.19. The Morgan fingerprint density at radius 1 is 1.05 bits per heavy atom. The molecule has 0 spiro atoms. The number of benzene rings is 2. The first-order chi connectivity index (χ1) is 21.3. The third kappa shape index (κ3) is 5.54. The van der Waals surface area contributed by atoms with Crippen molar-refractivity contribution in [1.82, 2.24) is 20.2 Å². The van der Waals surface area contributed by atoms with Gasteiger partial charge in [-0.2, -0.15) is 4.98 Å². The average Bonchev–Trinajstić information content (AvgIpc) is 3.63. The summed E-state index contributed by atoms with van der Waals surface area (Å²) in [5.41, 5.74) is 3.64. The van der Waals surface area contributed by atoms with Gasteiger partial charge in [0.2, 0.25) is 5.28 Å². The van der Waals surface area contributed by atoms with Crippen molar-refractivity contribution in [2.45, 2.75) is 68.5 Å². The number of hydrogen-bond donors (Lipinski definition) is 3. The molecule has 7 rings (SSSR count). The summed E-state index contributed by atoms with van der Waals surface area (Å²) in [7, 11) is 0. The van der Waals surface area contributed by atoms with E-state index < -0.39 is 36.4 Å². The summed E-state index contributed by atoms with van der Waals surface area (Å²) in [4.78, 5) is 27.7. The largest absolute Gasteiger partial charge is 0.372 e. The van der Waals surface area contributed by atoms with Gasteiger partial charge < -0.3 is 30.0 Å². The monoisotopic (exact) mass is 618 g/mol. The minimum absolute atomic E-state index is 0.0641. The van der Waals surface area contributed by atoms with E-state index in [-0.39, 0.29) is 36.2 Å². The van der Waals surface area contributed by atoms with E-state index in [2.05, 4.69) is 44.9 Å². The molecule has 12 heteroatoms. The van der Waals surface area contributed by atoms with Gasteiger partial charge in [-0.25, -0.2) is 9.78 Å². The molecule has 0 radical (unpaired) electrons. The molecule has 1 aromatic heterocycles. The molecule has 6 atom stereocenters. The summed E-state index contributed by atoms with van der Waals surface area (Å²) in [6, 6.07) is 20.3. The van der Waals surface area contributed by atoms with Crippen LogP contribution in [0, 0.1) is 0 Å². The summed E-state index contributed by atoms with van der Waals surface area (Å²) < 4.78 is 19.3. The lowest BCUT2D eigenvalue weighted by atomic mass is 9.88. The van der Waals surface area contributed by atoms with Crippen LogP contribution >= 0.6 is 11.6 Å². The van der Waals surface area contributed by atoms with Crippen molar-refractivity contribution in [2.24, 2.45) is 4.99 Å². The topological polar surface area (TPSA) is 130 Å². The molecule has 4 aliphatic heterocycles. The molecule has 5 heterocycles. The SMILES string of the molecule is CC1(C)O[C@H]2[C@H]([C@@H]3CC=Nc4c(NCC(c5ccccc5)c5ccccc5)nc(Cl)nc43)OC(CN3C(=O)NCC3O)[C@H]2O1. The van der Waals surface area contributed by atoms with E-state index in [1.54, 1.807) is 0 Å². The lowest BCUT2D eigenvalue weighted by molar-refractivity contribution is -0.191. The fraction of sp³-hybridized carbons (Fsp3) is 0.438. The summed E-state index contributed by atoms with van der Waals surface area (Å²) >= 11 is 6.54. The van der Waals surface area contributed by atoms with Gasteiger partial charge in [0, 0.05) is 24.6 Å². The van der Waals surface area contributed by atoms with Crippen molar-refractivity contribution < 1.29 is 24.1 Å². The highest BCUT2D eigenvalue weighted by molar-refractivity contribution is 6.28. The molecule has 3 N–H and O–H groups in total. The van der Waals surface area contributed by atoms with Crippen LogP contribution in [-0.4, -0.2) is 88.3 Å². The fourth-order valence-electron chi connectivity index (χ4n) is 6.72. The first-order valence-electron chi connectivity index (χ1n) is 14.9. The number of nitrogens with zero attached hydrogens (tertiary/aromatic N) is 4. The van der Waals surface area contributed by atoms with Gasteiger partial charge in [0.05, 0.1) is 24.9 Å². The van der Waals surface area contributed by atoms with E-state index in [1.807, 2.05) is 56.5 Å². The normalized spacial score (nSPS) is 28.7. The molecule has 3 saturated heterocycles. The summed E-state index contributed by atoms with van der Waals surface area (Å²) in [6.45, 7) is 4.62. The van der Waals surface area contributed by atoms with Gasteiger partial charge in [0.15, 0.2) is 11.6 Å². The highest BCUT2D eigenvalue weighted by Crippen LogP contribution is 2.48. The zero-order valence-electron chi connectivity index (χ0n) is 24.5. The Morgan fingerprint density at radius 2 is 1.73 bits per heavy atom. The smallest absolute Gasteiger partial charge is 0.319 e. The molecule has 3 fully saturated rings. The molecule has 2 aromatic carbocycles. The van der Waals surface area contributed by atoms with Gasteiger partial charge in [-0.3, -0.25) is 9.89 Å². The number of aliphatic hydroxyl groups is 1. The molecule has 230 valence electrons. The number of ether oxygens (including phenoxy) is 3. The van der Waals surface area contributed by atoms with E-state index in [0.29, 0.717) is 30.2 Å². The summed E-state index contributed by atoms with van der Waals surface area (Å²) in [5.74, 6) is -0.485. The summed E-state index contributed by atoms with van der Waals surface area (Å²) in [6.07, 6.45) is -0.366. The van der Waals surface area contributed by atoms with Crippen molar-refractivity contribution in [1.29, 1.82) is 0 Å².